The standard InChI is InChI=1S/C7H15N2O2/c1-4-11-7(10)8-5-6-9(2)3/h6H,4-5H2,1-3H3,(H,8,10). The van der Waals surface area contributed by atoms with Gasteiger partial charge in [0.05, 0.1) is 6.61 Å². The number of carbonyl (C=O) groups is 1. The molecule has 1 radical (unpaired) electrons. The Bertz CT molecular complexity index is 115. The van der Waals surface area contributed by atoms with Crippen LogP contribution in [0.2, 0.25) is 0 Å². The van der Waals surface area contributed by atoms with Crippen molar-refractivity contribution in [3.8, 4) is 0 Å². The van der Waals surface area contributed by atoms with Gasteiger partial charge in [0.1, 0.15) is 0 Å². The first kappa shape index (κ1) is 10.2. The van der Waals surface area contributed by atoms with Crippen LogP contribution in [0.3, 0.4) is 0 Å². The second-order valence-electron chi connectivity index (χ2n) is 2.25. The lowest BCUT2D eigenvalue weighted by Crippen LogP contribution is -2.28. The fourth-order valence-electron chi connectivity index (χ4n) is 0.494. The van der Waals surface area contributed by atoms with Gasteiger partial charge in [-0.1, -0.05) is 0 Å². The van der Waals surface area contributed by atoms with Gasteiger partial charge in [-0.25, -0.2) is 4.79 Å². The van der Waals surface area contributed by atoms with Gasteiger partial charge in [-0.15, -0.1) is 0 Å². The highest BCUT2D eigenvalue weighted by Gasteiger charge is 1.98. The van der Waals surface area contributed by atoms with Crippen molar-refractivity contribution < 1.29 is 9.53 Å². The predicted octanol–water partition coefficient (Wildman–Crippen LogP) is 0.456. The summed E-state index contributed by atoms with van der Waals surface area (Å²) in [5, 5.41) is 2.56. The van der Waals surface area contributed by atoms with Gasteiger partial charge in [-0.2, -0.15) is 0 Å². The largest absolute Gasteiger partial charge is 0.450 e. The van der Waals surface area contributed by atoms with Gasteiger partial charge < -0.3 is 15.0 Å². The molecule has 0 unspecified atom stereocenters. The molecule has 1 amide bonds. The van der Waals surface area contributed by atoms with Crippen LogP contribution >= 0.6 is 0 Å². The molecule has 0 rings (SSSR count). The van der Waals surface area contributed by atoms with E-state index in [0.717, 1.165) is 0 Å². The highest BCUT2D eigenvalue weighted by atomic mass is 16.5. The molecule has 1 N–H and O–H groups in total. The van der Waals surface area contributed by atoms with Crippen molar-refractivity contribution in [3.05, 3.63) is 6.54 Å². The van der Waals surface area contributed by atoms with Crippen LogP contribution in [0, 0.1) is 6.54 Å². The van der Waals surface area contributed by atoms with E-state index in [0.29, 0.717) is 13.2 Å². The lowest BCUT2D eigenvalue weighted by molar-refractivity contribution is 0.152. The third-order valence-electron chi connectivity index (χ3n) is 0.978. The molecular formula is C7H15N2O2. The van der Waals surface area contributed by atoms with Crippen LogP contribution in [0.5, 0.6) is 0 Å². The van der Waals surface area contributed by atoms with Crippen LogP contribution in [0.1, 0.15) is 6.92 Å². The molecule has 0 bridgehead atoms. The zero-order chi connectivity index (χ0) is 8.69. The average molecular weight is 159 g/mol. The summed E-state index contributed by atoms with van der Waals surface area (Å²) >= 11 is 0. The number of carbonyl (C=O) groups excluding carboxylic acids is 1. The lowest BCUT2D eigenvalue weighted by Gasteiger charge is -2.09. The number of hydrogen-bond acceptors (Lipinski definition) is 3. The predicted molar refractivity (Wildman–Crippen MR) is 43.0 cm³/mol. The molecule has 0 saturated heterocycles. The smallest absolute Gasteiger partial charge is 0.407 e. The number of nitrogens with zero attached hydrogens (tertiary/aromatic N) is 1. The SMILES string of the molecule is CCOC(=O)NC[CH]N(C)C. The number of alkyl carbamates (subject to hydrolysis) is 1. The minimum absolute atomic E-state index is 0.370. The molecule has 11 heavy (non-hydrogen) atoms. The number of amides is 1. The Morgan fingerprint density at radius 2 is 2.27 bits per heavy atom. The summed E-state index contributed by atoms with van der Waals surface area (Å²) in [6.07, 6.45) is -0.370. The van der Waals surface area contributed by atoms with E-state index >= 15 is 0 Å². The summed E-state index contributed by atoms with van der Waals surface area (Å²) in [6.45, 7) is 4.53. The molecule has 0 aromatic heterocycles. The van der Waals surface area contributed by atoms with E-state index in [9.17, 15) is 4.79 Å². The van der Waals surface area contributed by atoms with Gasteiger partial charge in [0.2, 0.25) is 0 Å². The fourth-order valence-corrected chi connectivity index (χ4v) is 0.494. The molecule has 0 aliphatic carbocycles. The molecule has 0 spiro atoms. The number of rotatable bonds is 4. The maximum Gasteiger partial charge on any atom is 0.407 e. The van der Waals surface area contributed by atoms with E-state index < -0.39 is 0 Å². The monoisotopic (exact) mass is 159 g/mol. The molecule has 0 atom stereocenters. The first-order valence-corrected chi connectivity index (χ1v) is 3.57. The minimum atomic E-state index is -0.370. The maximum atomic E-state index is 10.7. The average Bonchev–Trinajstić information content (AvgIpc) is 1.87. The molecule has 65 valence electrons. The highest BCUT2D eigenvalue weighted by molar-refractivity contribution is 5.67. The van der Waals surface area contributed by atoms with E-state index in [4.69, 9.17) is 0 Å². The Hall–Kier alpha value is -0.770. The quantitative estimate of drug-likeness (QED) is 0.647. The molecule has 4 nitrogen and oxygen atoms in total. The maximum absolute atomic E-state index is 10.7. The summed E-state index contributed by atoms with van der Waals surface area (Å²) in [7, 11) is 3.79. The molecule has 4 heteroatoms. The van der Waals surface area contributed by atoms with Crippen molar-refractivity contribution in [1.29, 1.82) is 0 Å². The van der Waals surface area contributed by atoms with E-state index in [1.165, 1.54) is 0 Å². The van der Waals surface area contributed by atoms with E-state index in [2.05, 4.69) is 10.1 Å². The van der Waals surface area contributed by atoms with Gasteiger partial charge in [0.15, 0.2) is 0 Å². The van der Waals surface area contributed by atoms with Crippen LogP contribution in [0.4, 0.5) is 4.79 Å². The van der Waals surface area contributed by atoms with Crippen LogP contribution < -0.4 is 5.32 Å². The Labute approximate surface area is 67.5 Å². The number of nitrogens with one attached hydrogen (secondary N) is 1. The van der Waals surface area contributed by atoms with Gasteiger partial charge in [0.25, 0.3) is 0 Å². The van der Waals surface area contributed by atoms with Crippen molar-refractivity contribution >= 4 is 6.09 Å². The molecule has 0 aromatic carbocycles. The second-order valence-corrected chi connectivity index (χ2v) is 2.25. The number of hydrogen-bond donors (Lipinski definition) is 1. The normalized spacial score (nSPS) is 9.82. The molecule has 0 heterocycles. The summed E-state index contributed by atoms with van der Waals surface area (Å²) < 4.78 is 4.64. The van der Waals surface area contributed by atoms with Crippen molar-refractivity contribution in [2.24, 2.45) is 0 Å². The Morgan fingerprint density at radius 1 is 1.64 bits per heavy atom. The lowest BCUT2D eigenvalue weighted by atomic mass is 10.6. The van der Waals surface area contributed by atoms with Crippen molar-refractivity contribution in [1.82, 2.24) is 10.2 Å². The second kappa shape index (κ2) is 5.97. The summed E-state index contributed by atoms with van der Waals surface area (Å²) in [4.78, 5) is 12.5. The zero-order valence-corrected chi connectivity index (χ0v) is 7.26. The van der Waals surface area contributed by atoms with E-state index in [1.807, 2.05) is 25.5 Å². The van der Waals surface area contributed by atoms with Gasteiger partial charge in [-0.3, -0.25) is 0 Å². The molecule has 0 aromatic rings. The Balaban J connectivity index is 3.17. The number of ether oxygens (including phenoxy) is 1. The highest BCUT2D eigenvalue weighted by Crippen LogP contribution is 1.80. The van der Waals surface area contributed by atoms with Gasteiger partial charge in [0, 0.05) is 13.1 Å². The van der Waals surface area contributed by atoms with Gasteiger partial charge in [-0.05, 0) is 21.0 Å². The molecule has 0 aliphatic rings. The van der Waals surface area contributed by atoms with Crippen molar-refractivity contribution in [3.63, 3.8) is 0 Å². The summed E-state index contributed by atoms with van der Waals surface area (Å²) in [6, 6.07) is 0. The van der Waals surface area contributed by atoms with E-state index in [1.54, 1.807) is 6.92 Å². The molecule has 0 fully saturated rings. The topological polar surface area (TPSA) is 41.6 Å². The molecule has 0 aliphatic heterocycles. The van der Waals surface area contributed by atoms with Crippen molar-refractivity contribution in [2.45, 2.75) is 6.92 Å². The Morgan fingerprint density at radius 3 is 2.73 bits per heavy atom. The first-order valence-electron chi connectivity index (χ1n) is 3.57. The third-order valence-corrected chi connectivity index (χ3v) is 0.978. The summed E-state index contributed by atoms with van der Waals surface area (Å²) in [5.41, 5.74) is 0. The Kier molecular flexibility index (Phi) is 5.56. The van der Waals surface area contributed by atoms with Gasteiger partial charge >= 0.3 is 6.09 Å². The van der Waals surface area contributed by atoms with Crippen LogP contribution in [-0.4, -0.2) is 38.2 Å². The zero-order valence-electron chi connectivity index (χ0n) is 7.26. The van der Waals surface area contributed by atoms with Crippen LogP contribution in [0.25, 0.3) is 0 Å². The first-order chi connectivity index (χ1) is 5.16. The molecule has 0 saturated carbocycles. The molecular weight excluding hydrogens is 144 g/mol. The van der Waals surface area contributed by atoms with Crippen molar-refractivity contribution in [2.75, 3.05) is 27.2 Å². The minimum Gasteiger partial charge on any atom is -0.450 e. The third kappa shape index (κ3) is 7.12. The van der Waals surface area contributed by atoms with Crippen LogP contribution in [-0.2, 0) is 4.74 Å². The fraction of sp³-hybridized carbons (Fsp3) is 0.714. The van der Waals surface area contributed by atoms with E-state index in [-0.39, 0.29) is 6.09 Å². The van der Waals surface area contributed by atoms with Crippen LogP contribution in [0.15, 0.2) is 0 Å². The number of likely N-dealkylation sites (N-methyl/N-ethyl adjacent to an activating group) is 1. The summed E-state index contributed by atoms with van der Waals surface area (Å²) in [5.74, 6) is 0.